The Morgan fingerprint density at radius 2 is 2.00 bits per heavy atom. The van der Waals surface area contributed by atoms with Gasteiger partial charge in [-0.3, -0.25) is 9.79 Å². The molecule has 1 aromatic carbocycles. The smallest absolute Gasteiger partial charge is 0.334 e. The lowest BCUT2D eigenvalue weighted by atomic mass is 9.75. The van der Waals surface area contributed by atoms with E-state index in [1.165, 1.54) is 0 Å². The fraction of sp³-hybridized carbons (Fsp3) is 0.353. The highest BCUT2D eigenvalue weighted by molar-refractivity contribution is 6.31. The minimum absolute atomic E-state index is 0.0660. The van der Waals surface area contributed by atoms with Gasteiger partial charge in [-0.15, -0.1) is 0 Å². The predicted molar refractivity (Wildman–Crippen MR) is 93.0 cm³/mol. The molecule has 0 bridgehead atoms. The zero-order valence-corrected chi connectivity index (χ0v) is 14.4. The van der Waals surface area contributed by atoms with Crippen molar-refractivity contribution in [1.82, 2.24) is 0 Å². The van der Waals surface area contributed by atoms with E-state index in [0.717, 1.165) is 0 Å². The van der Waals surface area contributed by atoms with Gasteiger partial charge >= 0.3 is 11.9 Å². The highest BCUT2D eigenvalue weighted by Gasteiger charge is 2.42. The second-order valence-electron chi connectivity index (χ2n) is 5.58. The largest absolute Gasteiger partial charge is 0.481 e. The van der Waals surface area contributed by atoms with Crippen LogP contribution in [0.3, 0.4) is 0 Å². The molecule has 25 heavy (non-hydrogen) atoms. The van der Waals surface area contributed by atoms with Crippen molar-refractivity contribution in [3.8, 4) is 0 Å². The molecule has 2 atom stereocenters. The van der Waals surface area contributed by atoms with Crippen LogP contribution in [0.15, 0.2) is 40.5 Å². The standard InChI is InChI=1S/C17H19ClN2O5/c1-9-13(16(21)22)14(10-4-2-3-5-11(10)18)15(17(23)24)12(20-9)8-25-7-6-19/h2-5,13-14H,6-8,19H2,1H3,(H,21,22)(H,23,24)/t13?,14-/m1/s1. The number of nitrogens with zero attached hydrogens (tertiary/aromatic N) is 1. The van der Waals surface area contributed by atoms with Gasteiger partial charge in [0, 0.05) is 23.2 Å². The van der Waals surface area contributed by atoms with E-state index in [2.05, 4.69) is 4.99 Å². The molecule has 0 fully saturated rings. The van der Waals surface area contributed by atoms with Crippen molar-refractivity contribution in [2.24, 2.45) is 16.6 Å². The molecular weight excluding hydrogens is 348 g/mol. The zero-order valence-electron chi connectivity index (χ0n) is 13.6. The SMILES string of the molecule is CC1=NC(COCCN)=C(C(=O)O)[C@H](c2ccccc2Cl)C1C(=O)O. The van der Waals surface area contributed by atoms with E-state index < -0.39 is 23.8 Å². The fourth-order valence-electron chi connectivity index (χ4n) is 2.93. The van der Waals surface area contributed by atoms with Crippen LogP contribution >= 0.6 is 11.6 Å². The second kappa shape index (κ2) is 8.24. The number of carbonyl (C=O) groups is 2. The Morgan fingerprint density at radius 3 is 2.56 bits per heavy atom. The summed E-state index contributed by atoms with van der Waals surface area (Å²) in [6, 6.07) is 6.61. The monoisotopic (exact) mass is 366 g/mol. The summed E-state index contributed by atoms with van der Waals surface area (Å²) in [4.78, 5) is 27.9. The fourth-order valence-corrected chi connectivity index (χ4v) is 3.19. The van der Waals surface area contributed by atoms with Gasteiger partial charge < -0.3 is 20.7 Å². The molecular formula is C17H19ClN2O5. The van der Waals surface area contributed by atoms with Crippen molar-refractivity contribution >= 4 is 29.3 Å². The lowest BCUT2D eigenvalue weighted by molar-refractivity contribution is -0.140. The van der Waals surface area contributed by atoms with Gasteiger partial charge in [-0.1, -0.05) is 29.8 Å². The summed E-state index contributed by atoms with van der Waals surface area (Å²) < 4.78 is 5.33. The number of hydrogen-bond acceptors (Lipinski definition) is 5. The summed E-state index contributed by atoms with van der Waals surface area (Å²) in [7, 11) is 0. The Morgan fingerprint density at radius 1 is 1.32 bits per heavy atom. The van der Waals surface area contributed by atoms with Crippen LogP contribution in [0, 0.1) is 5.92 Å². The molecule has 0 saturated carbocycles. The minimum Gasteiger partial charge on any atom is -0.481 e. The number of rotatable bonds is 7. The zero-order chi connectivity index (χ0) is 18.6. The Labute approximate surface area is 149 Å². The molecule has 0 aliphatic carbocycles. The molecule has 0 aromatic heterocycles. The number of halogens is 1. The first-order valence-electron chi connectivity index (χ1n) is 7.65. The van der Waals surface area contributed by atoms with E-state index in [0.29, 0.717) is 16.3 Å². The van der Waals surface area contributed by atoms with Gasteiger partial charge in [0.15, 0.2) is 0 Å². The summed E-state index contributed by atoms with van der Waals surface area (Å²) in [6.07, 6.45) is 0. The van der Waals surface area contributed by atoms with Crippen LogP contribution in [0.5, 0.6) is 0 Å². The van der Waals surface area contributed by atoms with Gasteiger partial charge in [-0.05, 0) is 18.6 Å². The second-order valence-corrected chi connectivity index (χ2v) is 5.98. The van der Waals surface area contributed by atoms with Gasteiger partial charge in [0.25, 0.3) is 0 Å². The first kappa shape index (κ1) is 19.1. The number of carboxylic acid groups (broad SMARTS) is 2. The normalized spacial score (nSPS) is 20.4. The minimum atomic E-state index is -1.25. The summed E-state index contributed by atoms with van der Waals surface area (Å²) in [6.45, 7) is 2.02. The summed E-state index contributed by atoms with van der Waals surface area (Å²) >= 11 is 6.22. The van der Waals surface area contributed by atoms with Gasteiger partial charge in [-0.25, -0.2) is 4.79 Å². The summed E-state index contributed by atoms with van der Waals surface area (Å²) in [5.74, 6) is -4.49. The maximum atomic E-state index is 11.9. The summed E-state index contributed by atoms with van der Waals surface area (Å²) in [5.41, 5.74) is 6.17. The molecule has 8 heteroatoms. The van der Waals surface area contributed by atoms with Crippen LogP contribution in [0.25, 0.3) is 0 Å². The average molecular weight is 367 g/mol. The topological polar surface area (TPSA) is 122 Å². The van der Waals surface area contributed by atoms with Gasteiger partial charge in [0.2, 0.25) is 0 Å². The molecule has 134 valence electrons. The van der Waals surface area contributed by atoms with Crippen LogP contribution < -0.4 is 5.73 Å². The van der Waals surface area contributed by atoms with Gasteiger partial charge in [0.1, 0.15) is 5.92 Å². The molecule has 0 amide bonds. The number of hydrogen-bond donors (Lipinski definition) is 3. The van der Waals surface area contributed by atoms with Gasteiger partial charge in [-0.2, -0.15) is 0 Å². The molecule has 0 saturated heterocycles. The van der Waals surface area contributed by atoms with Gasteiger partial charge in [0.05, 0.1) is 24.5 Å². The molecule has 1 aliphatic heterocycles. The van der Waals surface area contributed by atoms with Crippen molar-refractivity contribution in [1.29, 1.82) is 0 Å². The van der Waals surface area contributed by atoms with E-state index in [1.807, 2.05) is 0 Å². The van der Waals surface area contributed by atoms with Crippen molar-refractivity contribution in [3.63, 3.8) is 0 Å². The maximum absolute atomic E-state index is 11.9. The highest BCUT2D eigenvalue weighted by atomic mass is 35.5. The molecule has 7 nitrogen and oxygen atoms in total. The first-order valence-corrected chi connectivity index (χ1v) is 8.02. The van der Waals surface area contributed by atoms with E-state index in [-0.39, 0.29) is 31.0 Å². The number of aliphatic imine (C=N–C) groups is 1. The third-order valence-electron chi connectivity index (χ3n) is 3.95. The highest BCUT2D eigenvalue weighted by Crippen LogP contribution is 2.41. The van der Waals surface area contributed by atoms with Crippen molar-refractivity contribution in [2.75, 3.05) is 19.8 Å². The molecule has 0 radical (unpaired) electrons. The van der Waals surface area contributed by atoms with Crippen molar-refractivity contribution < 1.29 is 24.5 Å². The number of ether oxygens (including phenoxy) is 1. The summed E-state index contributed by atoms with van der Waals surface area (Å²) in [5, 5.41) is 19.7. The number of aliphatic carboxylic acids is 2. The molecule has 1 unspecified atom stereocenters. The van der Waals surface area contributed by atoms with E-state index >= 15 is 0 Å². The lowest BCUT2D eigenvalue weighted by Crippen LogP contribution is -2.36. The molecule has 1 aliphatic rings. The van der Waals surface area contributed by atoms with Crippen LogP contribution in [0.2, 0.25) is 5.02 Å². The molecule has 2 rings (SSSR count). The number of benzene rings is 1. The Balaban J connectivity index is 2.62. The predicted octanol–water partition coefficient (Wildman–Crippen LogP) is 1.91. The van der Waals surface area contributed by atoms with Crippen LogP contribution in [-0.4, -0.2) is 47.6 Å². The third-order valence-corrected chi connectivity index (χ3v) is 4.30. The Hall–Kier alpha value is -2.22. The third kappa shape index (κ3) is 4.07. The lowest BCUT2D eigenvalue weighted by Gasteiger charge is -2.30. The molecule has 1 heterocycles. The quantitative estimate of drug-likeness (QED) is 0.633. The Kier molecular flexibility index (Phi) is 6.30. The average Bonchev–Trinajstić information content (AvgIpc) is 2.54. The van der Waals surface area contributed by atoms with Crippen molar-refractivity contribution in [2.45, 2.75) is 12.8 Å². The maximum Gasteiger partial charge on any atom is 0.334 e. The Bertz CT molecular complexity index is 744. The number of nitrogens with two attached hydrogens (primary N) is 1. The number of carboxylic acids is 2. The van der Waals surface area contributed by atoms with E-state index in [1.54, 1.807) is 31.2 Å². The first-order chi connectivity index (χ1) is 11.9. The van der Waals surface area contributed by atoms with E-state index in [9.17, 15) is 19.8 Å². The molecule has 4 N–H and O–H groups in total. The van der Waals surface area contributed by atoms with Crippen LogP contribution in [-0.2, 0) is 14.3 Å². The van der Waals surface area contributed by atoms with Crippen molar-refractivity contribution in [3.05, 3.63) is 46.1 Å². The van der Waals surface area contributed by atoms with E-state index in [4.69, 9.17) is 22.1 Å². The van der Waals surface area contributed by atoms with Crippen LogP contribution in [0.4, 0.5) is 0 Å². The van der Waals surface area contributed by atoms with Crippen LogP contribution in [0.1, 0.15) is 18.4 Å². The molecule has 1 aromatic rings. The molecule has 0 spiro atoms.